The van der Waals surface area contributed by atoms with E-state index in [4.69, 9.17) is 5.73 Å². The van der Waals surface area contributed by atoms with Crippen molar-refractivity contribution in [1.82, 2.24) is 4.90 Å². The highest BCUT2D eigenvalue weighted by atomic mass is 16.2. The van der Waals surface area contributed by atoms with Gasteiger partial charge in [0.15, 0.2) is 0 Å². The summed E-state index contributed by atoms with van der Waals surface area (Å²) in [5.74, 6) is -0.220. The Kier molecular flexibility index (Phi) is 6.24. The fourth-order valence-electron chi connectivity index (χ4n) is 3.54. The summed E-state index contributed by atoms with van der Waals surface area (Å²) in [4.78, 5) is 28.4. The van der Waals surface area contributed by atoms with Crippen LogP contribution < -0.4 is 10.6 Å². The number of nitrogens with zero attached hydrogens (tertiary/aromatic N) is 2. The zero-order chi connectivity index (χ0) is 19.2. The highest BCUT2D eigenvalue weighted by Gasteiger charge is 2.26. The Morgan fingerprint density at radius 2 is 1.78 bits per heavy atom. The molecule has 5 heteroatoms. The molecule has 0 radical (unpaired) electrons. The monoisotopic (exact) mass is 365 g/mol. The average molecular weight is 365 g/mol. The molecule has 0 saturated carbocycles. The molecule has 0 aliphatic carbocycles. The van der Waals surface area contributed by atoms with E-state index in [-0.39, 0.29) is 17.7 Å². The van der Waals surface area contributed by atoms with E-state index < -0.39 is 0 Å². The summed E-state index contributed by atoms with van der Waals surface area (Å²) in [5.41, 5.74) is 8.54. The van der Waals surface area contributed by atoms with Crippen LogP contribution in [0.1, 0.15) is 24.0 Å². The number of amides is 2. The fourth-order valence-corrected chi connectivity index (χ4v) is 3.54. The van der Waals surface area contributed by atoms with Gasteiger partial charge in [-0.1, -0.05) is 42.5 Å². The van der Waals surface area contributed by atoms with Gasteiger partial charge in [0.05, 0.1) is 13.1 Å². The molecule has 1 saturated heterocycles. The molecule has 0 bridgehead atoms. The molecule has 2 aromatic carbocycles. The van der Waals surface area contributed by atoms with Crippen LogP contribution >= 0.6 is 0 Å². The molecule has 1 heterocycles. The van der Waals surface area contributed by atoms with Gasteiger partial charge in [-0.2, -0.15) is 0 Å². The van der Waals surface area contributed by atoms with E-state index in [9.17, 15) is 9.59 Å². The van der Waals surface area contributed by atoms with Crippen LogP contribution in [0.3, 0.4) is 0 Å². The van der Waals surface area contributed by atoms with Gasteiger partial charge in [-0.15, -0.1) is 0 Å². The van der Waals surface area contributed by atoms with Crippen LogP contribution in [0, 0.1) is 12.8 Å². The second-order valence-corrected chi connectivity index (χ2v) is 7.26. The molecule has 2 aromatic rings. The molecule has 1 aliphatic heterocycles. The van der Waals surface area contributed by atoms with E-state index in [2.05, 4.69) is 4.90 Å². The molecule has 0 aromatic heterocycles. The minimum Gasteiger partial charge on any atom is -0.369 e. The number of carbonyl (C=O) groups excluding carboxylic acids is 2. The first kappa shape index (κ1) is 19.1. The molecule has 1 aliphatic rings. The van der Waals surface area contributed by atoms with Gasteiger partial charge in [-0.25, -0.2) is 0 Å². The van der Waals surface area contributed by atoms with E-state index in [1.807, 2.05) is 66.4 Å². The average Bonchev–Trinajstić information content (AvgIpc) is 2.67. The molecule has 142 valence electrons. The van der Waals surface area contributed by atoms with E-state index >= 15 is 0 Å². The summed E-state index contributed by atoms with van der Waals surface area (Å²) >= 11 is 0. The molecule has 3 rings (SSSR count). The molecule has 27 heavy (non-hydrogen) atoms. The third-order valence-electron chi connectivity index (χ3n) is 5.15. The van der Waals surface area contributed by atoms with Crippen molar-refractivity contribution in [2.24, 2.45) is 11.7 Å². The zero-order valence-corrected chi connectivity index (χ0v) is 15.8. The standard InChI is InChI=1S/C22H27N3O2/c1-17-6-5-9-20(14-17)25(15-18-7-3-2-4-8-18)21(26)16-24-12-10-19(11-13-24)22(23)27/h2-9,14,19H,10-13,15-16H2,1H3,(H2,23,27). The van der Waals surface area contributed by atoms with Crippen LogP contribution in [0.15, 0.2) is 54.6 Å². The minimum absolute atomic E-state index is 0.0615. The summed E-state index contributed by atoms with van der Waals surface area (Å²) in [7, 11) is 0. The number of piperidine rings is 1. The number of carbonyl (C=O) groups is 2. The Hall–Kier alpha value is -2.66. The predicted molar refractivity (Wildman–Crippen MR) is 107 cm³/mol. The maximum atomic E-state index is 13.1. The Balaban J connectivity index is 1.72. The number of aryl methyl sites for hydroxylation is 1. The van der Waals surface area contributed by atoms with Gasteiger partial charge in [-0.05, 0) is 56.1 Å². The first-order valence-electron chi connectivity index (χ1n) is 9.45. The molecule has 2 N–H and O–H groups in total. The summed E-state index contributed by atoms with van der Waals surface area (Å²) in [6.45, 7) is 4.38. The number of nitrogens with two attached hydrogens (primary N) is 1. The van der Waals surface area contributed by atoms with Gasteiger partial charge in [0.2, 0.25) is 11.8 Å². The van der Waals surface area contributed by atoms with Crippen LogP contribution in [0.25, 0.3) is 0 Å². The first-order valence-corrected chi connectivity index (χ1v) is 9.45. The molecule has 2 amide bonds. The highest BCUT2D eigenvalue weighted by Crippen LogP contribution is 2.21. The van der Waals surface area contributed by atoms with Crippen LogP contribution in [-0.2, 0) is 16.1 Å². The molecular formula is C22H27N3O2. The summed E-state index contributed by atoms with van der Waals surface area (Å²) < 4.78 is 0. The summed E-state index contributed by atoms with van der Waals surface area (Å²) in [5, 5.41) is 0. The lowest BCUT2D eigenvalue weighted by atomic mass is 9.96. The van der Waals surface area contributed by atoms with Gasteiger partial charge in [0.25, 0.3) is 0 Å². The van der Waals surface area contributed by atoms with Crippen LogP contribution in [0.4, 0.5) is 5.69 Å². The molecule has 0 spiro atoms. The third kappa shape index (κ3) is 5.17. The third-order valence-corrected chi connectivity index (χ3v) is 5.15. The number of rotatable bonds is 6. The summed E-state index contributed by atoms with van der Waals surface area (Å²) in [6, 6.07) is 18.1. The van der Waals surface area contributed by atoms with Gasteiger partial charge < -0.3 is 10.6 Å². The smallest absolute Gasteiger partial charge is 0.241 e. The maximum absolute atomic E-state index is 13.1. The molecular weight excluding hydrogens is 338 g/mol. The van der Waals surface area contributed by atoms with Crippen LogP contribution in [-0.4, -0.2) is 36.3 Å². The van der Waals surface area contributed by atoms with Crippen molar-refractivity contribution in [2.75, 3.05) is 24.5 Å². The largest absolute Gasteiger partial charge is 0.369 e. The molecule has 0 atom stereocenters. The Bertz CT molecular complexity index is 783. The normalized spacial score (nSPS) is 15.4. The SMILES string of the molecule is Cc1cccc(N(Cc2ccccc2)C(=O)CN2CCC(C(N)=O)CC2)c1. The molecule has 5 nitrogen and oxygen atoms in total. The van der Waals surface area contributed by atoms with Crippen molar-refractivity contribution in [3.63, 3.8) is 0 Å². The van der Waals surface area contributed by atoms with E-state index in [0.29, 0.717) is 13.1 Å². The minimum atomic E-state index is -0.230. The van der Waals surface area contributed by atoms with Crippen molar-refractivity contribution in [3.8, 4) is 0 Å². The van der Waals surface area contributed by atoms with Crippen LogP contribution in [0.5, 0.6) is 0 Å². The van der Waals surface area contributed by atoms with Gasteiger partial charge >= 0.3 is 0 Å². The second kappa shape index (κ2) is 8.82. The Morgan fingerprint density at radius 1 is 1.07 bits per heavy atom. The number of likely N-dealkylation sites (tertiary alicyclic amines) is 1. The molecule has 1 fully saturated rings. The van der Waals surface area contributed by atoms with E-state index in [1.165, 1.54) is 0 Å². The summed E-state index contributed by atoms with van der Waals surface area (Å²) in [6.07, 6.45) is 1.46. The van der Waals surface area contributed by atoms with Gasteiger partial charge in [0, 0.05) is 11.6 Å². The number of hydrogen-bond acceptors (Lipinski definition) is 3. The van der Waals surface area contributed by atoms with Crippen molar-refractivity contribution < 1.29 is 9.59 Å². The van der Waals surface area contributed by atoms with Gasteiger partial charge in [-0.3, -0.25) is 14.5 Å². The predicted octanol–water partition coefficient (Wildman–Crippen LogP) is 2.73. The van der Waals surface area contributed by atoms with E-state index in [0.717, 1.165) is 42.7 Å². The Morgan fingerprint density at radius 3 is 2.41 bits per heavy atom. The quantitative estimate of drug-likeness (QED) is 0.856. The van der Waals surface area contributed by atoms with E-state index in [1.54, 1.807) is 0 Å². The van der Waals surface area contributed by atoms with Crippen molar-refractivity contribution in [3.05, 3.63) is 65.7 Å². The maximum Gasteiger partial charge on any atom is 0.241 e. The molecule has 0 unspecified atom stereocenters. The number of hydrogen-bond donors (Lipinski definition) is 1. The second-order valence-electron chi connectivity index (χ2n) is 7.26. The van der Waals surface area contributed by atoms with Crippen molar-refractivity contribution in [2.45, 2.75) is 26.3 Å². The lowest BCUT2D eigenvalue weighted by Crippen LogP contribution is -2.45. The van der Waals surface area contributed by atoms with Crippen LogP contribution in [0.2, 0.25) is 0 Å². The fraction of sp³-hybridized carbons (Fsp3) is 0.364. The first-order chi connectivity index (χ1) is 13.0. The topological polar surface area (TPSA) is 66.6 Å². The number of anilines is 1. The number of benzene rings is 2. The lowest BCUT2D eigenvalue weighted by Gasteiger charge is -2.32. The highest BCUT2D eigenvalue weighted by molar-refractivity contribution is 5.94. The Labute approximate surface area is 160 Å². The lowest BCUT2D eigenvalue weighted by molar-refractivity contribution is -0.123. The number of primary amides is 1. The van der Waals surface area contributed by atoms with Crippen molar-refractivity contribution in [1.29, 1.82) is 0 Å². The van der Waals surface area contributed by atoms with Crippen molar-refractivity contribution >= 4 is 17.5 Å². The zero-order valence-electron chi connectivity index (χ0n) is 15.8. The van der Waals surface area contributed by atoms with Gasteiger partial charge in [0.1, 0.15) is 0 Å².